The Balaban J connectivity index is 2.03. The number of ether oxygens (including phenoxy) is 4. The van der Waals surface area contributed by atoms with Crippen LogP contribution in [-0.4, -0.2) is 49.9 Å². The van der Waals surface area contributed by atoms with E-state index >= 15 is 0 Å². The number of amides is 2. The van der Waals surface area contributed by atoms with Crippen LogP contribution in [0.4, 0.5) is 0 Å². The summed E-state index contributed by atoms with van der Waals surface area (Å²) in [7, 11) is 1.51. The third-order valence-electron chi connectivity index (χ3n) is 4.15. The molecule has 0 unspecified atom stereocenters. The van der Waals surface area contributed by atoms with E-state index in [0.29, 0.717) is 39.4 Å². The molecule has 0 bridgehead atoms. The van der Waals surface area contributed by atoms with Crippen molar-refractivity contribution in [2.24, 2.45) is 10.8 Å². The van der Waals surface area contributed by atoms with Crippen LogP contribution in [-0.2, 0) is 20.9 Å². The molecular formula is C22H24BrN5O6. The Labute approximate surface area is 205 Å². The van der Waals surface area contributed by atoms with Crippen LogP contribution in [0.3, 0.4) is 0 Å². The molecule has 1 aromatic carbocycles. The highest BCUT2D eigenvalue weighted by Crippen LogP contribution is 2.30. The Morgan fingerprint density at radius 1 is 1.26 bits per heavy atom. The molecular weight excluding hydrogens is 510 g/mol. The van der Waals surface area contributed by atoms with Gasteiger partial charge in [-0.1, -0.05) is 0 Å². The van der Waals surface area contributed by atoms with Gasteiger partial charge in [-0.05, 0) is 53.5 Å². The molecule has 0 atom stereocenters. The minimum atomic E-state index is -0.608. The number of nitrogens with one attached hydrogen (secondary N) is 1. The molecule has 1 aromatic heterocycles. The number of nitrogens with zero attached hydrogens (tertiary/aromatic N) is 3. The zero-order chi connectivity index (χ0) is 25.1. The normalized spacial score (nSPS) is 10.6. The molecule has 0 saturated carbocycles. The van der Waals surface area contributed by atoms with Crippen LogP contribution in [0, 0.1) is 18.3 Å². The largest absolute Gasteiger partial charge is 0.490 e. The van der Waals surface area contributed by atoms with E-state index in [-0.39, 0.29) is 24.7 Å². The Hall–Kier alpha value is -3.69. The number of hydrogen-bond donors (Lipinski definition) is 2. The quantitative estimate of drug-likeness (QED) is 0.309. The van der Waals surface area contributed by atoms with Crippen LogP contribution in [0.25, 0.3) is 0 Å². The highest BCUT2D eigenvalue weighted by Gasteiger charge is 2.18. The van der Waals surface area contributed by atoms with Gasteiger partial charge in [0, 0.05) is 17.1 Å². The summed E-state index contributed by atoms with van der Waals surface area (Å²) in [5.41, 5.74) is 9.40. The van der Waals surface area contributed by atoms with Crippen molar-refractivity contribution in [2.45, 2.75) is 20.5 Å². The zero-order valence-corrected chi connectivity index (χ0v) is 20.5. The van der Waals surface area contributed by atoms with E-state index in [4.69, 9.17) is 24.7 Å². The maximum atomic E-state index is 12.2. The van der Waals surface area contributed by atoms with Crippen LogP contribution < -0.4 is 25.4 Å². The fraction of sp³-hybridized carbons (Fsp3) is 0.318. The smallest absolute Gasteiger partial charge is 0.278 e. The van der Waals surface area contributed by atoms with Gasteiger partial charge in [0.1, 0.15) is 11.6 Å². The molecule has 0 fully saturated rings. The molecule has 1 heterocycles. The number of nitrogens with two attached hydrogens (primary N) is 1. The number of aromatic nitrogens is 1. The van der Waals surface area contributed by atoms with Crippen molar-refractivity contribution in [3.05, 3.63) is 45.1 Å². The van der Waals surface area contributed by atoms with Crippen molar-refractivity contribution in [1.29, 1.82) is 5.26 Å². The number of hydrazone groups is 1. The Morgan fingerprint density at radius 2 is 2.03 bits per heavy atom. The Bertz CT molecular complexity index is 1120. The maximum Gasteiger partial charge on any atom is 0.278 e. The lowest BCUT2D eigenvalue weighted by Gasteiger charge is -2.13. The molecule has 3 N–H and O–H groups in total. The number of carbonyl (C=O) groups excluding carboxylic acids is 2. The van der Waals surface area contributed by atoms with Crippen molar-refractivity contribution < 1.29 is 28.5 Å². The lowest BCUT2D eigenvalue weighted by Crippen LogP contribution is -2.25. The molecule has 2 rings (SSSR count). The van der Waals surface area contributed by atoms with E-state index in [1.807, 2.05) is 6.07 Å². The average molecular weight is 534 g/mol. The second-order valence-corrected chi connectivity index (χ2v) is 7.48. The zero-order valence-electron chi connectivity index (χ0n) is 18.9. The van der Waals surface area contributed by atoms with Gasteiger partial charge in [-0.15, -0.1) is 0 Å². The summed E-state index contributed by atoms with van der Waals surface area (Å²) in [6, 6.07) is 6.93. The number of nitriles is 1. The van der Waals surface area contributed by atoms with Gasteiger partial charge in [0.15, 0.2) is 24.7 Å². The number of pyridine rings is 1. The summed E-state index contributed by atoms with van der Waals surface area (Å²) >= 11 is 3.39. The van der Waals surface area contributed by atoms with Gasteiger partial charge in [-0.3, -0.25) is 9.59 Å². The molecule has 0 aliphatic rings. The number of carbonyl (C=O) groups is 2. The van der Waals surface area contributed by atoms with Crippen molar-refractivity contribution in [3.63, 3.8) is 0 Å². The predicted molar refractivity (Wildman–Crippen MR) is 126 cm³/mol. The van der Waals surface area contributed by atoms with Gasteiger partial charge in [-0.25, -0.2) is 10.4 Å². The van der Waals surface area contributed by atoms with E-state index in [0.717, 1.165) is 0 Å². The van der Waals surface area contributed by atoms with Crippen molar-refractivity contribution in [3.8, 4) is 23.4 Å². The van der Waals surface area contributed by atoms with E-state index in [1.54, 1.807) is 32.0 Å². The molecule has 12 heteroatoms. The summed E-state index contributed by atoms with van der Waals surface area (Å²) in [5.74, 6) is -0.378. The van der Waals surface area contributed by atoms with E-state index in [2.05, 4.69) is 31.4 Å². The number of rotatable bonds is 12. The minimum Gasteiger partial charge on any atom is -0.490 e. The van der Waals surface area contributed by atoms with Crippen LogP contribution in [0.2, 0.25) is 0 Å². The summed E-state index contributed by atoms with van der Waals surface area (Å²) in [5, 5.41) is 13.4. The Morgan fingerprint density at radius 3 is 2.68 bits per heavy atom. The topological polar surface area (TPSA) is 158 Å². The molecule has 0 aliphatic carbocycles. The average Bonchev–Trinajstić information content (AvgIpc) is 2.80. The van der Waals surface area contributed by atoms with Crippen molar-refractivity contribution >= 4 is 34.0 Å². The first kappa shape index (κ1) is 26.6. The van der Waals surface area contributed by atoms with Gasteiger partial charge < -0.3 is 24.7 Å². The maximum absolute atomic E-state index is 12.2. The van der Waals surface area contributed by atoms with E-state index in [9.17, 15) is 14.9 Å². The highest BCUT2D eigenvalue weighted by molar-refractivity contribution is 9.10. The first-order valence-electron chi connectivity index (χ1n) is 10.0. The summed E-state index contributed by atoms with van der Waals surface area (Å²) in [4.78, 5) is 27.3. The summed E-state index contributed by atoms with van der Waals surface area (Å²) in [6.45, 7) is 3.41. The summed E-state index contributed by atoms with van der Waals surface area (Å²) < 4.78 is 22.0. The number of hydrogen-bond acceptors (Lipinski definition) is 9. The molecule has 11 nitrogen and oxygen atoms in total. The standard InChI is InChI=1S/C22H24BrN5O6/c1-4-32-18-7-14(5-6-17(18)33-11-19(25)29)9-26-28-20(30)12-34-22-15(8-24)16(10-31-3)21(23)13(2)27-22/h5-7,9H,4,10-12H2,1-3H3,(H2,25,29)(H,28,30)/b26-9+. The van der Waals surface area contributed by atoms with Gasteiger partial charge in [-0.2, -0.15) is 10.4 Å². The van der Waals surface area contributed by atoms with Gasteiger partial charge in [0.25, 0.3) is 11.8 Å². The first-order valence-corrected chi connectivity index (χ1v) is 10.8. The molecule has 180 valence electrons. The van der Waals surface area contributed by atoms with Crippen molar-refractivity contribution in [2.75, 3.05) is 26.9 Å². The fourth-order valence-electron chi connectivity index (χ4n) is 2.70. The van der Waals surface area contributed by atoms with Gasteiger partial charge in [0.05, 0.1) is 25.1 Å². The highest BCUT2D eigenvalue weighted by atomic mass is 79.9. The molecule has 2 aromatic rings. The molecule has 0 spiro atoms. The van der Waals surface area contributed by atoms with Crippen LogP contribution in [0.5, 0.6) is 17.4 Å². The number of methoxy groups -OCH3 is 1. The molecule has 2 amide bonds. The van der Waals surface area contributed by atoms with Crippen LogP contribution >= 0.6 is 15.9 Å². The van der Waals surface area contributed by atoms with Gasteiger partial charge in [0.2, 0.25) is 5.88 Å². The van der Waals surface area contributed by atoms with Crippen LogP contribution in [0.1, 0.15) is 29.3 Å². The number of primary amides is 1. The number of aryl methyl sites for hydroxylation is 1. The van der Waals surface area contributed by atoms with Gasteiger partial charge >= 0.3 is 0 Å². The lowest BCUT2D eigenvalue weighted by atomic mass is 10.1. The SMILES string of the molecule is CCOc1cc(/C=N/NC(=O)COc2nc(C)c(Br)c(COC)c2C#N)ccc1OCC(N)=O. The molecule has 0 saturated heterocycles. The minimum absolute atomic E-state index is 0.0299. The Kier molecular flexibility index (Phi) is 10.3. The molecule has 34 heavy (non-hydrogen) atoms. The second-order valence-electron chi connectivity index (χ2n) is 6.69. The third-order valence-corrected chi connectivity index (χ3v) is 5.20. The molecule has 0 radical (unpaired) electrons. The third kappa shape index (κ3) is 7.43. The predicted octanol–water partition coefficient (Wildman–Crippen LogP) is 1.96. The monoisotopic (exact) mass is 533 g/mol. The number of benzene rings is 1. The van der Waals surface area contributed by atoms with Crippen LogP contribution in [0.15, 0.2) is 27.8 Å². The van der Waals surface area contributed by atoms with E-state index < -0.39 is 18.4 Å². The lowest BCUT2D eigenvalue weighted by molar-refractivity contribution is -0.123. The second kappa shape index (κ2) is 13.1. The number of halogens is 1. The summed E-state index contributed by atoms with van der Waals surface area (Å²) in [6.07, 6.45) is 1.40. The molecule has 0 aliphatic heterocycles. The van der Waals surface area contributed by atoms with Crippen molar-refractivity contribution in [1.82, 2.24) is 10.4 Å². The first-order chi connectivity index (χ1) is 16.3. The van der Waals surface area contributed by atoms with E-state index in [1.165, 1.54) is 13.3 Å². The fourth-order valence-corrected chi connectivity index (χ4v) is 3.10.